The number of benzene rings is 2. The van der Waals surface area contributed by atoms with E-state index in [0.29, 0.717) is 0 Å². The van der Waals surface area contributed by atoms with Gasteiger partial charge in [-0.2, -0.15) is 0 Å². The quantitative estimate of drug-likeness (QED) is 0.664. The van der Waals surface area contributed by atoms with Crippen molar-refractivity contribution in [3.05, 3.63) is 53.6 Å². The molecule has 2 aromatic carbocycles. The van der Waals surface area contributed by atoms with Gasteiger partial charge in [0.15, 0.2) is 0 Å². The summed E-state index contributed by atoms with van der Waals surface area (Å²) in [6.07, 6.45) is 5.22. The van der Waals surface area contributed by atoms with Gasteiger partial charge in [-0.3, -0.25) is 4.79 Å². The summed E-state index contributed by atoms with van der Waals surface area (Å²) in [6, 6.07) is 12.8. The molecule has 0 spiro atoms. The second-order valence-corrected chi connectivity index (χ2v) is 7.44. The van der Waals surface area contributed by atoms with E-state index < -0.39 is 0 Å². The highest BCUT2D eigenvalue weighted by molar-refractivity contribution is 6.22. The van der Waals surface area contributed by atoms with E-state index in [1.165, 1.54) is 21.9 Å². The first kappa shape index (κ1) is 14.0. The number of alkyl halides is 1. The molecule has 1 nitrogen and oxygen atoms in total. The molecule has 1 fully saturated rings. The van der Waals surface area contributed by atoms with Crippen molar-refractivity contribution >= 4 is 34.2 Å². The molecule has 0 aliphatic heterocycles. The Morgan fingerprint density at radius 1 is 1.23 bits per heavy atom. The molecule has 1 saturated carbocycles. The highest BCUT2D eigenvalue weighted by atomic mass is 35.5. The molecule has 0 N–H and O–H groups in total. The van der Waals surface area contributed by atoms with Crippen LogP contribution in [0.3, 0.4) is 0 Å². The van der Waals surface area contributed by atoms with E-state index in [0.717, 1.165) is 6.42 Å². The summed E-state index contributed by atoms with van der Waals surface area (Å²) >= 11 is 6.71. The van der Waals surface area contributed by atoms with Gasteiger partial charge in [-0.1, -0.05) is 55.5 Å². The first-order valence-corrected chi connectivity index (χ1v) is 8.31. The molecule has 0 bridgehead atoms. The highest BCUT2D eigenvalue weighted by Crippen LogP contribution is 2.59. The molecule has 0 saturated heterocycles. The molecule has 0 heterocycles. The lowest BCUT2D eigenvalue weighted by Gasteiger charge is -2.38. The molecule has 0 aromatic heterocycles. The minimum atomic E-state index is -0.159. The number of carbonyl (C=O) groups excluding carboxylic acids is 1. The fourth-order valence-electron chi connectivity index (χ4n) is 4.61. The van der Waals surface area contributed by atoms with Crippen LogP contribution in [0.2, 0.25) is 0 Å². The van der Waals surface area contributed by atoms with E-state index in [9.17, 15) is 4.79 Å². The van der Waals surface area contributed by atoms with Gasteiger partial charge in [0.1, 0.15) is 5.78 Å². The Hall–Kier alpha value is -1.60. The van der Waals surface area contributed by atoms with Gasteiger partial charge >= 0.3 is 0 Å². The molecule has 0 radical (unpaired) electrons. The van der Waals surface area contributed by atoms with Gasteiger partial charge in [-0.05, 0) is 35.2 Å². The zero-order chi connectivity index (χ0) is 15.5. The molecule has 4 atom stereocenters. The largest absolute Gasteiger partial charge is 0.300 e. The second kappa shape index (κ2) is 4.70. The molecule has 2 aliphatic carbocycles. The Bertz CT molecular complexity index is 806. The highest BCUT2D eigenvalue weighted by Gasteiger charge is 2.53. The SMILES string of the molecule is CC(=O)[C@H]1CC(Cl)[C@H]2c3ccc4ccccc4c3C=C[C@]12C. The van der Waals surface area contributed by atoms with Crippen molar-refractivity contribution in [2.75, 3.05) is 0 Å². The third-order valence-corrected chi connectivity index (χ3v) is 6.11. The standard InChI is InChI=1S/C20H19ClO/c1-12(22)17-11-18(21)19-16-8-7-13-5-3-4-6-14(13)15(16)9-10-20(17,19)2/h3-10,17-19H,11H2,1-2H3/t17-,18?,19-,20-/m1/s1. The Morgan fingerprint density at radius 3 is 2.77 bits per heavy atom. The summed E-state index contributed by atoms with van der Waals surface area (Å²) in [7, 11) is 0. The van der Waals surface area contributed by atoms with Crippen LogP contribution in [0.5, 0.6) is 0 Å². The molecule has 2 aliphatic rings. The molecule has 2 aromatic rings. The minimum Gasteiger partial charge on any atom is -0.300 e. The van der Waals surface area contributed by atoms with Crippen LogP contribution in [-0.2, 0) is 4.79 Å². The maximum absolute atomic E-state index is 12.1. The van der Waals surface area contributed by atoms with Crippen molar-refractivity contribution < 1.29 is 4.79 Å². The predicted molar refractivity (Wildman–Crippen MR) is 92.3 cm³/mol. The summed E-state index contributed by atoms with van der Waals surface area (Å²) in [5.41, 5.74) is 2.41. The van der Waals surface area contributed by atoms with Crippen molar-refractivity contribution in [3.63, 3.8) is 0 Å². The average molecular weight is 311 g/mol. The van der Waals surface area contributed by atoms with Gasteiger partial charge in [0.25, 0.3) is 0 Å². The fraction of sp³-hybridized carbons (Fsp3) is 0.350. The number of hydrogen-bond donors (Lipinski definition) is 0. The van der Waals surface area contributed by atoms with Crippen LogP contribution in [0.15, 0.2) is 42.5 Å². The van der Waals surface area contributed by atoms with Crippen LogP contribution in [0.4, 0.5) is 0 Å². The molecule has 112 valence electrons. The van der Waals surface area contributed by atoms with Gasteiger partial charge in [0.05, 0.1) is 0 Å². The molecular formula is C20H19ClO. The smallest absolute Gasteiger partial charge is 0.133 e. The molecule has 0 amide bonds. The van der Waals surface area contributed by atoms with Crippen molar-refractivity contribution in [1.82, 2.24) is 0 Å². The summed E-state index contributed by atoms with van der Waals surface area (Å²) in [5, 5.41) is 2.54. The lowest BCUT2D eigenvalue weighted by atomic mass is 9.66. The number of ketones is 1. The first-order valence-electron chi connectivity index (χ1n) is 7.88. The van der Waals surface area contributed by atoms with Crippen LogP contribution in [0.25, 0.3) is 16.8 Å². The van der Waals surface area contributed by atoms with E-state index in [1.807, 2.05) is 0 Å². The Labute approximate surface area is 136 Å². The molecule has 1 unspecified atom stereocenters. The second-order valence-electron chi connectivity index (χ2n) is 6.88. The first-order chi connectivity index (χ1) is 10.5. The molecule has 2 heteroatoms. The lowest BCUT2D eigenvalue weighted by molar-refractivity contribution is -0.122. The number of rotatable bonds is 1. The Morgan fingerprint density at radius 2 is 2.00 bits per heavy atom. The van der Waals surface area contributed by atoms with Gasteiger partial charge < -0.3 is 0 Å². The monoisotopic (exact) mass is 310 g/mol. The lowest BCUT2D eigenvalue weighted by Crippen LogP contribution is -2.32. The maximum Gasteiger partial charge on any atom is 0.133 e. The van der Waals surface area contributed by atoms with Gasteiger partial charge in [-0.25, -0.2) is 0 Å². The number of fused-ring (bicyclic) bond motifs is 5. The minimum absolute atomic E-state index is 0.0174. The molecule has 4 rings (SSSR count). The predicted octanol–water partition coefficient (Wildman–Crippen LogP) is 5.17. The third kappa shape index (κ3) is 1.75. The van der Waals surface area contributed by atoms with E-state index >= 15 is 0 Å². The fourth-order valence-corrected chi connectivity index (χ4v) is 5.19. The van der Waals surface area contributed by atoms with Crippen molar-refractivity contribution in [2.24, 2.45) is 11.3 Å². The number of halogens is 1. The topological polar surface area (TPSA) is 17.1 Å². The molecular weight excluding hydrogens is 292 g/mol. The van der Waals surface area contributed by atoms with Gasteiger partial charge in [0.2, 0.25) is 0 Å². The summed E-state index contributed by atoms with van der Waals surface area (Å²) < 4.78 is 0. The van der Waals surface area contributed by atoms with Crippen LogP contribution in [-0.4, -0.2) is 11.2 Å². The van der Waals surface area contributed by atoms with E-state index in [4.69, 9.17) is 11.6 Å². The zero-order valence-corrected chi connectivity index (χ0v) is 13.6. The number of Topliss-reactive ketones (excluding diaryl/α,β-unsaturated/α-hetero) is 1. The molecule has 22 heavy (non-hydrogen) atoms. The van der Waals surface area contributed by atoms with E-state index in [-0.39, 0.29) is 28.4 Å². The van der Waals surface area contributed by atoms with E-state index in [2.05, 4.69) is 55.5 Å². The van der Waals surface area contributed by atoms with Crippen molar-refractivity contribution in [2.45, 2.75) is 31.6 Å². The average Bonchev–Trinajstić information content (AvgIpc) is 2.78. The van der Waals surface area contributed by atoms with Crippen LogP contribution < -0.4 is 0 Å². The van der Waals surface area contributed by atoms with Crippen LogP contribution in [0.1, 0.15) is 37.3 Å². The van der Waals surface area contributed by atoms with Gasteiger partial charge in [0, 0.05) is 22.6 Å². The van der Waals surface area contributed by atoms with Crippen LogP contribution in [0, 0.1) is 11.3 Å². The number of hydrogen-bond acceptors (Lipinski definition) is 1. The maximum atomic E-state index is 12.1. The summed E-state index contributed by atoms with van der Waals surface area (Å²) in [4.78, 5) is 12.1. The Balaban J connectivity index is 1.96. The van der Waals surface area contributed by atoms with Crippen molar-refractivity contribution in [1.29, 1.82) is 0 Å². The van der Waals surface area contributed by atoms with E-state index in [1.54, 1.807) is 6.92 Å². The van der Waals surface area contributed by atoms with Crippen LogP contribution >= 0.6 is 11.6 Å². The number of allylic oxidation sites excluding steroid dienone is 1. The third-order valence-electron chi connectivity index (χ3n) is 5.68. The summed E-state index contributed by atoms with van der Waals surface area (Å²) in [6.45, 7) is 3.90. The van der Waals surface area contributed by atoms with Gasteiger partial charge in [-0.15, -0.1) is 11.6 Å². The summed E-state index contributed by atoms with van der Waals surface area (Å²) in [5.74, 6) is 0.494. The zero-order valence-electron chi connectivity index (χ0n) is 12.8. The normalized spacial score (nSPS) is 32.8. The number of carbonyl (C=O) groups is 1. The van der Waals surface area contributed by atoms with Crippen molar-refractivity contribution in [3.8, 4) is 0 Å². The Kier molecular flexibility index (Phi) is 2.99.